The minimum absolute atomic E-state index is 0.0500. The molecule has 2 unspecified atom stereocenters. The van der Waals surface area contributed by atoms with Crippen LogP contribution < -0.4 is 0 Å². The van der Waals surface area contributed by atoms with Crippen LogP contribution in [0, 0.1) is 0 Å². The van der Waals surface area contributed by atoms with Gasteiger partial charge in [0, 0.05) is 0 Å². The number of alkyl halides is 3. The number of ether oxygens (including phenoxy) is 1. The van der Waals surface area contributed by atoms with Gasteiger partial charge in [0.25, 0.3) is 0 Å². The van der Waals surface area contributed by atoms with Crippen molar-refractivity contribution in [1.29, 1.82) is 0 Å². The van der Waals surface area contributed by atoms with Gasteiger partial charge in [-0.1, -0.05) is 32.9 Å². The van der Waals surface area contributed by atoms with Gasteiger partial charge >= 0.3 is 6.18 Å². The molecular weight excluding hydrogens is 265 g/mol. The Bertz CT molecular complexity index is 384. The fourth-order valence-electron chi connectivity index (χ4n) is 2.33. The molecule has 2 rings (SSSR count). The highest BCUT2D eigenvalue weighted by Gasteiger charge is 2.30. The fraction of sp³-hybridized carbons (Fsp3) is 0.625. The number of hydrogen-bond acceptors (Lipinski definition) is 1. The molecule has 0 aliphatic carbocycles. The minimum atomic E-state index is -4.27. The van der Waals surface area contributed by atoms with Crippen LogP contribution in [0.25, 0.3) is 0 Å². The summed E-state index contributed by atoms with van der Waals surface area (Å²) in [5, 5.41) is 0. The first kappa shape index (κ1) is 17.0. The van der Waals surface area contributed by atoms with E-state index < -0.39 is 11.7 Å². The van der Waals surface area contributed by atoms with Crippen LogP contribution in [0.4, 0.5) is 13.2 Å². The van der Waals surface area contributed by atoms with E-state index in [1.54, 1.807) is 0 Å². The van der Waals surface area contributed by atoms with Crippen molar-refractivity contribution in [3.63, 3.8) is 0 Å². The van der Waals surface area contributed by atoms with E-state index in [1.165, 1.54) is 12.1 Å². The summed E-state index contributed by atoms with van der Waals surface area (Å²) in [6.07, 6.45) is -0.105. The summed E-state index contributed by atoms with van der Waals surface area (Å²) in [6, 6.07) is 5.33. The van der Waals surface area contributed by atoms with E-state index >= 15 is 0 Å². The molecule has 20 heavy (non-hydrogen) atoms. The molecule has 1 aliphatic heterocycles. The number of halogens is 3. The minimum Gasteiger partial charge on any atom is -0.370 e. The Morgan fingerprint density at radius 1 is 1.10 bits per heavy atom. The van der Waals surface area contributed by atoms with Crippen molar-refractivity contribution in [2.45, 2.75) is 64.8 Å². The first-order valence-corrected chi connectivity index (χ1v) is 7.33. The molecule has 1 aromatic rings. The normalized spacial score (nSPS) is 22.9. The average Bonchev–Trinajstić information content (AvgIpc) is 2.48. The van der Waals surface area contributed by atoms with Crippen LogP contribution in [0.1, 0.15) is 63.7 Å². The fourth-order valence-corrected chi connectivity index (χ4v) is 2.33. The first-order chi connectivity index (χ1) is 9.50. The van der Waals surface area contributed by atoms with E-state index in [2.05, 4.69) is 6.92 Å². The van der Waals surface area contributed by atoms with E-state index in [0.29, 0.717) is 0 Å². The van der Waals surface area contributed by atoms with Crippen molar-refractivity contribution < 1.29 is 17.9 Å². The summed E-state index contributed by atoms with van der Waals surface area (Å²) in [5.74, 6) is 0. The molecule has 2 atom stereocenters. The van der Waals surface area contributed by atoms with Gasteiger partial charge in [0.1, 0.15) is 0 Å². The summed E-state index contributed by atoms with van der Waals surface area (Å²) in [6.45, 7) is 6.07. The van der Waals surface area contributed by atoms with E-state index in [4.69, 9.17) is 4.74 Å². The topological polar surface area (TPSA) is 9.23 Å². The lowest BCUT2D eigenvalue weighted by Gasteiger charge is -2.29. The molecule has 0 amide bonds. The first-order valence-electron chi connectivity index (χ1n) is 7.33. The zero-order chi connectivity index (χ0) is 15.2. The summed E-state index contributed by atoms with van der Waals surface area (Å²) in [7, 11) is 0. The molecule has 1 fully saturated rings. The largest absolute Gasteiger partial charge is 0.416 e. The van der Waals surface area contributed by atoms with Gasteiger partial charge in [0.2, 0.25) is 0 Å². The third-order valence-electron chi connectivity index (χ3n) is 3.41. The second kappa shape index (κ2) is 7.67. The molecule has 0 aromatic heterocycles. The van der Waals surface area contributed by atoms with Gasteiger partial charge in [-0.05, 0) is 43.4 Å². The highest BCUT2D eigenvalue weighted by atomic mass is 19.4. The molecule has 0 bridgehead atoms. The second-order valence-electron chi connectivity index (χ2n) is 4.71. The molecule has 1 heterocycles. The molecule has 1 saturated heterocycles. The predicted molar refractivity (Wildman–Crippen MR) is 74.5 cm³/mol. The van der Waals surface area contributed by atoms with Gasteiger partial charge in [0.15, 0.2) is 0 Å². The third kappa shape index (κ3) is 4.51. The van der Waals surface area contributed by atoms with Crippen LogP contribution in [0.5, 0.6) is 0 Å². The van der Waals surface area contributed by atoms with Gasteiger partial charge in [0.05, 0.1) is 17.8 Å². The maximum Gasteiger partial charge on any atom is 0.416 e. The maximum atomic E-state index is 12.4. The predicted octanol–water partition coefficient (Wildman–Crippen LogP) is 5.75. The van der Waals surface area contributed by atoms with E-state index in [-0.39, 0.29) is 12.2 Å². The Morgan fingerprint density at radius 2 is 1.70 bits per heavy atom. The number of hydrogen-bond donors (Lipinski definition) is 0. The molecule has 1 aromatic carbocycles. The SMILES string of the molecule is CC.CCC1CCCC(c2ccc(C(F)(F)F)cc2)O1. The smallest absolute Gasteiger partial charge is 0.370 e. The van der Waals surface area contributed by atoms with Crippen LogP contribution in [0.2, 0.25) is 0 Å². The van der Waals surface area contributed by atoms with Crippen molar-refractivity contribution in [1.82, 2.24) is 0 Å². The van der Waals surface area contributed by atoms with Crippen molar-refractivity contribution >= 4 is 0 Å². The Kier molecular flexibility index (Phi) is 6.53. The van der Waals surface area contributed by atoms with Crippen LogP contribution in [0.15, 0.2) is 24.3 Å². The number of benzene rings is 1. The van der Waals surface area contributed by atoms with Crippen molar-refractivity contribution in [2.75, 3.05) is 0 Å². The average molecular weight is 288 g/mol. The lowest BCUT2D eigenvalue weighted by atomic mass is 9.97. The Hall–Kier alpha value is -1.03. The molecule has 1 nitrogen and oxygen atoms in total. The zero-order valence-corrected chi connectivity index (χ0v) is 12.3. The lowest BCUT2D eigenvalue weighted by molar-refractivity contribution is -0.137. The zero-order valence-electron chi connectivity index (χ0n) is 12.3. The standard InChI is InChI=1S/C14H17F3O.C2H6/c1-2-12-4-3-5-13(18-12)10-6-8-11(9-7-10)14(15,16)17;1-2/h6-9,12-13H,2-5H2,1H3;1-2H3. The molecule has 1 aliphatic rings. The van der Waals surface area contributed by atoms with Gasteiger partial charge < -0.3 is 4.74 Å². The van der Waals surface area contributed by atoms with E-state index in [0.717, 1.165) is 43.4 Å². The Balaban J connectivity index is 0.000000956. The van der Waals surface area contributed by atoms with Gasteiger partial charge in [-0.3, -0.25) is 0 Å². The molecule has 0 saturated carbocycles. The summed E-state index contributed by atoms with van der Waals surface area (Å²) < 4.78 is 43.2. The van der Waals surface area contributed by atoms with E-state index in [1.807, 2.05) is 13.8 Å². The molecular formula is C16H23F3O. The maximum absolute atomic E-state index is 12.4. The van der Waals surface area contributed by atoms with Crippen LogP contribution in [0.3, 0.4) is 0 Å². The highest BCUT2D eigenvalue weighted by Crippen LogP contribution is 2.34. The van der Waals surface area contributed by atoms with Gasteiger partial charge in [-0.15, -0.1) is 0 Å². The molecule has 0 radical (unpaired) electrons. The van der Waals surface area contributed by atoms with Gasteiger partial charge in [-0.25, -0.2) is 0 Å². The molecule has 0 spiro atoms. The lowest BCUT2D eigenvalue weighted by Crippen LogP contribution is -2.21. The third-order valence-corrected chi connectivity index (χ3v) is 3.41. The summed E-state index contributed by atoms with van der Waals surface area (Å²) in [4.78, 5) is 0. The molecule has 4 heteroatoms. The van der Waals surface area contributed by atoms with Crippen molar-refractivity contribution in [3.8, 4) is 0 Å². The van der Waals surface area contributed by atoms with Crippen LogP contribution in [-0.4, -0.2) is 6.10 Å². The quantitative estimate of drug-likeness (QED) is 0.673. The molecule has 0 N–H and O–H groups in total. The summed E-state index contributed by atoms with van der Waals surface area (Å²) in [5.41, 5.74) is 0.246. The van der Waals surface area contributed by atoms with Crippen LogP contribution >= 0.6 is 0 Å². The monoisotopic (exact) mass is 288 g/mol. The Labute approximate surface area is 119 Å². The van der Waals surface area contributed by atoms with Gasteiger partial charge in [-0.2, -0.15) is 13.2 Å². The molecule has 114 valence electrons. The highest BCUT2D eigenvalue weighted by molar-refractivity contribution is 5.26. The summed E-state index contributed by atoms with van der Waals surface area (Å²) >= 11 is 0. The number of rotatable bonds is 2. The Morgan fingerprint density at radius 3 is 2.20 bits per heavy atom. The van der Waals surface area contributed by atoms with Crippen LogP contribution in [-0.2, 0) is 10.9 Å². The van der Waals surface area contributed by atoms with Crippen molar-refractivity contribution in [3.05, 3.63) is 35.4 Å². The van der Waals surface area contributed by atoms with E-state index in [9.17, 15) is 13.2 Å². The van der Waals surface area contributed by atoms with Crippen molar-refractivity contribution in [2.24, 2.45) is 0 Å². The second-order valence-corrected chi connectivity index (χ2v) is 4.71.